The van der Waals surface area contributed by atoms with Gasteiger partial charge in [0.05, 0.1) is 12.8 Å². The van der Waals surface area contributed by atoms with Gasteiger partial charge >= 0.3 is 11.8 Å². The van der Waals surface area contributed by atoms with E-state index in [1.807, 2.05) is 45.0 Å². The summed E-state index contributed by atoms with van der Waals surface area (Å²) in [7, 11) is 0. The van der Waals surface area contributed by atoms with Gasteiger partial charge in [0.15, 0.2) is 11.5 Å². The Balaban J connectivity index is 1.60. The van der Waals surface area contributed by atoms with E-state index in [4.69, 9.17) is 21.1 Å². The first-order chi connectivity index (χ1) is 16.3. The third kappa shape index (κ3) is 7.35. The molecular weight excluding hydrogens is 454 g/mol. The normalized spacial score (nSPS) is 10.7. The molecule has 0 saturated heterocycles. The van der Waals surface area contributed by atoms with Crippen LogP contribution in [0.25, 0.3) is 0 Å². The Morgan fingerprint density at radius 3 is 2.41 bits per heavy atom. The number of aryl methyl sites for hydroxylation is 2. The lowest BCUT2D eigenvalue weighted by molar-refractivity contribution is -0.136. The van der Waals surface area contributed by atoms with Gasteiger partial charge in [0.2, 0.25) is 0 Å². The molecule has 0 aromatic heterocycles. The summed E-state index contributed by atoms with van der Waals surface area (Å²) in [6.07, 6.45) is 1.42. The molecule has 0 saturated carbocycles. The van der Waals surface area contributed by atoms with Crippen LogP contribution in [0.4, 0.5) is 5.69 Å². The third-order valence-electron chi connectivity index (χ3n) is 4.62. The molecule has 3 aromatic rings. The molecule has 2 N–H and O–H groups in total. The van der Waals surface area contributed by atoms with Crippen LogP contribution >= 0.6 is 11.6 Å². The molecule has 7 nitrogen and oxygen atoms in total. The average Bonchev–Trinajstić information content (AvgIpc) is 2.78. The fraction of sp³-hybridized carbons (Fsp3) is 0.192. The molecule has 3 rings (SSSR count). The lowest BCUT2D eigenvalue weighted by Gasteiger charge is -2.12. The molecule has 0 spiro atoms. The molecule has 0 bridgehead atoms. The second-order valence-corrected chi connectivity index (χ2v) is 8.02. The van der Waals surface area contributed by atoms with Gasteiger partial charge in [0, 0.05) is 10.7 Å². The van der Waals surface area contributed by atoms with E-state index in [9.17, 15) is 9.59 Å². The SMILES string of the molecule is CCOc1cc(/C=N/NC(=O)C(=O)Nc2cc(C)cc(C)c2)ccc1OCc1cccc(Cl)c1. The van der Waals surface area contributed by atoms with Gasteiger partial charge in [-0.05, 0) is 85.5 Å². The summed E-state index contributed by atoms with van der Waals surface area (Å²) >= 11 is 6.02. The summed E-state index contributed by atoms with van der Waals surface area (Å²) in [5.74, 6) is -0.577. The van der Waals surface area contributed by atoms with Gasteiger partial charge in [-0.15, -0.1) is 0 Å². The van der Waals surface area contributed by atoms with Crippen LogP contribution in [0.2, 0.25) is 5.02 Å². The molecule has 0 heterocycles. The highest BCUT2D eigenvalue weighted by Gasteiger charge is 2.13. The fourth-order valence-corrected chi connectivity index (χ4v) is 3.44. The number of carbonyl (C=O) groups excluding carboxylic acids is 2. The molecule has 0 unspecified atom stereocenters. The summed E-state index contributed by atoms with van der Waals surface area (Å²) in [6.45, 7) is 6.48. The maximum atomic E-state index is 12.1. The number of hydrogen-bond donors (Lipinski definition) is 2. The quantitative estimate of drug-likeness (QED) is 0.269. The highest BCUT2D eigenvalue weighted by Crippen LogP contribution is 2.29. The van der Waals surface area contributed by atoms with Crippen molar-refractivity contribution in [2.75, 3.05) is 11.9 Å². The van der Waals surface area contributed by atoms with Crippen molar-refractivity contribution in [1.82, 2.24) is 5.43 Å². The fourth-order valence-electron chi connectivity index (χ4n) is 3.23. The molecular formula is C26H26ClN3O4. The van der Waals surface area contributed by atoms with E-state index in [2.05, 4.69) is 15.8 Å². The minimum atomic E-state index is -0.873. The summed E-state index contributed by atoms with van der Waals surface area (Å²) in [5, 5.41) is 7.08. The second-order valence-electron chi connectivity index (χ2n) is 7.59. The molecule has 0 aliphatic carbocycles. The summed E-state index contributed by atoms with van der Waals surface area (Å²) in [4.78, 5) is 24.2. The Morgan fingerprint density at radius 1 is 0.941 bits per heavy atom. The van der Waals surface area contributed by atoms with Crippen molar-refractivity contribution >= 4 is 35.3 Å². The number of rotatable bonds is 8. The Labute approximate surface area is 203 Å². The molecule has 0 radical (unpaired) electrons. The number of anilines is 1. The topological polar surface area (TPSA) is 89.0 Å². The maximum absolute atomic E-state index is 12.1. The van der Waals surface area contributed by atoms with Crippen molar-refractivity contribution in [1.29, 1.82) is 0 Å². The molecule has 0 atom stereocenters. The monoisotopic (exact) mass is 479 g/mol. The van der Waals surface area contributed by atoms with Gasteiger partial charge in [-0.3, -0.25) is 9.59 Å². The van der Waals surface area contributed by atoms with E-state index in [1.54, 1.807) is 36.4 Å². The van der Waals surface area contributed by atoms with Crippen LogP contribution in [0.1, 0.15) is 29.2 Å². The van der Waals surface area contributed by atoms with Gasteiger partial charge in [-0.25, -0.2) is 5.43 Å². The van der Waals surface area contributed by atoms with E-state index < -0.39 is 11.8 Å². The van der Waals surface area contributed by atoms with Crippen molar-refractivity contribution in [2.45, 2.75) is 27.4 Å². The first-order valence-corrected chi connectivity index (χ1v) is 11.1. The molecule has 34 heavy (non-hydrogen) atoms. The number of nitrogens with one attached hydrogen (secondary N) is 2. The summed E-state index contributed by atoms with van der Waals surface area (Å²) < 4.78 is 11.6. The number of halogens is 1. The number of benzene rings is 3. The number of nitrogens with zero attached hydrogens (tertiary/aromatic N) is 1. The zero-order valence-corrected chi connectivity index (χ0v) is 20.0. The zero-order chi connectivity index (χ0) is 24.5. The van der Waals surface area contributed by atoms with E-state index >= 15 is 0 Å². The number of amides is 2. The van der Waals surface area contributed by atoms with Crippen molar-refractivity contribution in [3.8, 4) is 11.5 Å². The summed E-state index contributed by atoms with van der Waals surface area (Å²) in [5.41, 5.74) is 6.35. The highest BCUT2D eigenvalue weighted by atomic mass is 35.5. The number of hydrogen-bond acceptors (Lipinski definition) is 5. The molecule has 3 aromatic carbocycles. The number of ether oxygens (including phenoxy) is 2. The third-order valence-corrected chi connectivity index (χ3v) is 4.85. The van der Waals surface area contributed by atoms with Crippen LogP contribution in [0.15, 0.2) is 65.8 Å². The van der Waals surface area contributed by atoms with Crippen LogP contribution in [-0.4, -0.2) is 24.6 Å². The summed E-state index contributed by atoms with van der Waals surface area (Å²) in [6, 6.07) is 18.2. The largest absolute Gasteiger partial charge is 0.490 e. The molecule has 0 aliphatic rings. The second kappa shape index (κ2) is 11.9. The van der Waals surface area contributed by atoms with E-state index in [1.165, 1.54) is 6.21 Å². The Morgan fingerprint density at radius 2 is 1.71 bits per heavy atom. The zero-order valence-electron chi connectivity index (χ0n) is 19.2. The van der Waals surface area contributed by atoms with Crippen molar-refractivity contribution in [3.63, 3.8) is 0 Å². The van der Waals surface area contributed by atoms with Gasteiger partial charge in [0.1, 0.15) is 6.61 Å². The van der Waals surface area contributed by atoms with Gasteiger partial charge in [-0.2, -0.15) is 5.10 Å². The molecule has 2 amide bonds. The minimum Gasteiger partial charge on any atom is -0.490 e. The smallest absolute Gasteiger partial charge is 0.329 e. The first-order valence-electron chi connectivity index (χ1n) is 10.7. The Kier molecular flexibility index (Phi) is 8.65. The van der Waals surface area contributed by atoms with Crippen molar-refractivity contribution in [2.24, 2.45) is 5.10 Å². The lowest BCUT2D eigenvalue weighted by atomic mass is 10.1. The van der Waals surface area contributed by atoms with Crippen LogP contribution in [-0.2, 0) is 16.2 Å². The van der Waals surface area contributed by atoms with E-state index in [-0.39, 0.29) is 0 Å². The molecule has 0 aliphatic heterocycles. The standard InChI is InChI=1S/C26H26ClN3O4/c1-4-33-24-14-19(8-9-23(24)34-16-20-6-5-7-21(27)13-20)15-28-30-26(32)25(31)29-22-11-17(2)10-18(3)12-22/h5-15H,4,16H2,1-3H3,(H,29,31)(H,30,32)/b28-15+. The lowest BCUT2D eigenvalue weighted by Crippen LogP contribution is -2.32. The number of hydrazone groups is 1. The van der Waals surface area contributed by atoms with Gasteiger partial charge in [-0.1, -0.05) is 29.8 Å². The van der Waals surface area contributed by atoms with E-state index in [0.29, 0.717) is 41.0 Å². The van der Waals surface area contributed by atoms with Crippen LogP contribution in [0.5, 0.6) is 11.5 Å². The van der Waals surface area contributed by atoms with Gasteiger partial charge in [0.25, 0.3) is 0 Å². The highest BCUT2D eigenvalue weighted by molar-refractivity contribution is 6.39. The predicted molar refractivity (Wildman–Crippen MR) is 134 cm³/mol. The molecule has 0 fully saturated rings. The van der Waals surface area contributed by atoms with Crippen LogP contribution in [0.3, 0.4) is 0 Å². The average molecular weight is 480 g/mol. The first kappa shape index (κ1) is 24.8. The van der Waals surface area contributed by atoms with Crippen molar-refractivity contribution < 1.29 is 19.1 Å². The van der Waals surface area contributed by atoms with Gasteiger partial charge < -0.3 is 14.8 Å². The van der Waals surface area contributed by atoms with E-state index in [0.717, 1.165) is 16.7 Å². The van der Waals surface area contributed by atoms with Crippen LogP contribution in [0, 0.1) is 13.8 Å². The number of carbonyl (C=O) groups is 2. The van der Waals surface area contributed by atoms with Crippen LogP contribution < -0.4 is 20.2 Å². The maximum Gasteiger partial charge on any atom is 0.329 e. The molecule has 8 heteroatoms. The Hall–Kier alpha value is -3.84. The Bertz CT molecular complexity index is 1190. The molecule has 176 valence electrons. The predicted octanol–water partition coefficient (Wildman–Crippen LogP) is 5.02. The minimum absolute atomic E-state index is 0.333. The van der Waals surface area contributed by atoms with Crippen molar-refractivity contribution in [3.05, 3.63) is 87.9 Å².